The summed E-state index contributed by atoms with van der Waals surface area (Å²) in [6, 6.07) is 0. The highest BCUT2D eigenvalue weighted by Gasteiger charge is 2.15. The van der Waals surface area contributed by atoms with Gasteiger partial charge in [0.05, 0.1) is 0 Å². The van der Waals surface area contributed by atoms with Crippen LogP contribution in [0, 0.1) is 5.92 Å². The molecule has 1 aliphatic rings. The quantitative estimate of drug-likeness (QED) is 0.863. The van der Waals surface area contributed by atoms with Crippen molar-refractivity contribution < 1.29 is 0 Å². The molecule has 1 fully saturated rings. The average molecular weight is 243 g/mol. The molecular formula is C10H17N3S2. The van der Waals surface area contributed by atoms with Gasteiger partial charge in [0, 0.05) is 24.5 Å². The Morgan fingerprint density at radius 2 is 2.47 bits per heavy atom. The number of aromatic nitrogens is 2. The molecule has 0 spiro atoms. The van der Waals surface area contributed by atoms with Crippen molar-refractivity contribution in [3.8, 4) is 0 Å². The van der Waals surface area contributed by atoms with Crippen molar-refractivity contribution in [1.82, 2.24) is 9.36 Å². The highest BCUT2D eigenvalue weighted by molar-refractivity contribution is 7.99. The van der Waals surface area contributed by atoms with E-state index in [0.29, 0.717) is 0 Å². The zero-order valence-corrected chi connectivity index (χ0v) is 10.7. The van der Waals surface area contributed by atoms with Crippen LogP contribution in [0.1, 0.15) is 25.6 Å². The second-order valence-corrected chi connectivity index (χ2v) is 5.78. The normalized spacial score (nSPS) is 20.7. The van der Waals surface area contributed by atoms with Crippen LogP contribution in [-0.4, -0.2) is 27.4 Å². The lowest BCUT2D eigenvalue weighted by atomic mass is 10.1. The third-order valence-corrected chi connectivity index (χ3v) is 4.45. The lowest BCUT2D eigenvalue weighted by molar-refractivity contribution is 0.631. The number of thioether (sulfide) groups is 1. The molecule has 0 radical (unpaired) electrons. The first-order valence-electron chi connectivity index (χ1n) is 5.52. The summed E-state index contributed by atoms with van der Waals surface area (Å²) >= 11 is 3.55. The maximum Gasteiger partial charge on any atom is 0.202 e. The number of nitrogens with one attached hydrogen (secondary N) is 1. The number of anilines is 1. The minimum Gasteiger partial charge on any atom is -0.360 e. The molecule has 0 saturated carbocycles. The van der Waals surface area contributed by atoms with Crippen molar-refractivity contribution in [2.75, 3.05) is 23.4 Å². The zero-order chi connectivity index (χ0) is 10.5. The maximum atomic E-state index is 4.45. The van der Waals surface area contributed by atoms with Crippen LogP contribution < -0.4 is 5.32 Å². The molecule has 1 atom stereocenters. The first kappa shape index (κ1) is 11.2. The van der Waals surface area contributed by atoms with Gasteiger partial charge >= 0.3 is 0 Å². The van der Waals surface area contributed by atoms with E-state index in [9.17, 15) is 0 Å². The summed E-state index contributed by atoms with van der Waals surface area (Å²) in [4.78, 5) is 4.45. The Morgan fingerprint density at radius 3 is 3.20 bits per heavy atom. The van der Waals surface area contributed by atoms with Gasteiger partial charge in [-0.1, -0.05) is 6.92 Å². The van der Waals surface area contributed by atoms with E-state index < -0.39 is 0 Å². The summed E-state index contributed by atoms with van der Waals surface area (Å²) in [5, 5.41) is 4.39. The van der Waals surface area contributed by atoms with Gasteiger partial charge < -0.3 is 5.32 Å². The fraction of sp³-hybridized carbons (Fsp3) is 0.800. The Kier molecular flexibility index (Phi) is 4.26. The summed E-state index contributed by atoms with van der Waals surface area (Å²) in [6.07, 6.45) is 3.46. The van der Waals surface area contributed by atoms with E-state index in [0.717, 1.165) is 36.3 Å². The molecule has 1 saturated heterocycles. The predicted octanol–water partition coefficient (Wildman–Crippen LogP) is 2.66. The van der Waals surface area contributed by atoms with Crippen molar-refractivity contribution in [1.29, 1.82) is 0 Å². The zero-order valence-electron chi connectivity index (χ0n) is 9.03. The van der Waals surface area contributed by atoms with Gasteiger partial charge in [0.1, 0.15) is 5.82 Å². The molecule has 1 aromatic rings. The van der Waals surface area contributed by atoms with E-state index in [1.54, 1.807) is 0 Å². The summed E-state index contributed by atoms with van der Waals surface area (Å²) in [5.74, 6) is 4.44. The largest absolute Gasteiger partial charge is 0.360 e. The van der Waals surface area contributed by atoms with E-state index in [4.69, 9.17) is 0 Å². The first-order valence-corrected chi connectivity index (χ1v) is 7.45. The van der Waals surface area contributed by atoms with Crippen LogP contribution in [0.3, 0.4) is 0 Å². The van der Waals surface area contributed by atoms with Crippen molar-refractivity contribution in [2.45, 2.75) is 26.2 Å². The Balaban J connectivity index is 1.77. The molecule has 1 aromatic heterocycles. The molecule has 5 heteroatoms. The Morgan fingerprint density at radius 1 is 1.53 bits per heavy atom. The van der Waals surface area contributed by atoms with Crippen LogP contribution in [0.15, 0.2) is 0 Å². The van der Waals surface area contributed by atoms with Gasteiger partial charge in [0.25, 0.3) is 0 Å². The maximum absolute atomic E-state index is 4.45. The molecular weight excluding hydrogens is 226 g/mol. The highest BCUT2D eigenvalue weighted by atomic mass is 32.2. The van der Waals surface area contributed by atoms with Gasteiger partial charge in [-0.15, -0.1) is 0 Å². The topological polar surface area (TPSA) is 37.8 Å². The summed E-state index contributed by atoms with van der Waals surface area (Å²) < 4.78 is 4.31. The van der Waals surface area contributed by atoms with Crippen LogP contribution in [-0.2, 0) is 6.42 Å². The second kappa shape index (κ2) is 5.70. The predicted molar refractivity (Wildman–Crippen MR) is 67.8 cm³/mol. The molecule has 1 aliphatic heterocycles. The van der Waals surface area contributed by atoms with Gasteiger partial charge in [-0.25, -0.2) is 4.98 Å². The first-order chi connectivity index (χ1) is 7.38. The molecule has 3 nitrogen and oxygen atoms in total. The van der Waals surface area contributed by atoms with E-state index in [1.165, 1.54) is 29.5 Å². The number of aryl methyl sites for hydroxylation is 1. The Bertz CT molecular complexity index is 295. The van der Waals surface area contributed by atoms with Gasteiger partial charge in [0.15, 0.2) is 0 Å². The number of rotatable bonds is 5. The Hall–Kier alpha value is -0.290. The smallest absolute Gasteiger partial charge is 0.202 e. The molecule has 0 aliphatic carbocycles. The fourth-order valence-electron chi connectivity index (χ4n) is 1.63. The SMILES string of the molecule is CCCc1nsc(NCC2CCSC2)n1. The van der Waals surface area contributed by atoms with E-state index in [1.807, 2.05) is 0 Å². The monoisotopic (exact) mass is 243 g/mol. The molecule has 0 amide bonds. The minimum absolute atomic E-state index is 0.827. The van der Waals surface area contributed by atoms with E-state index in [2.05, 4.69) is 33.4 Å². The van der Waals surface area contributed by atoms with E-state index in [-0.39, 0.29) is 0 Å². The lowest BCUT2D eigenvalue weighted by Crippen LogP contribution is -2.13. The molecule has 1 N–H and O–H groups in total. The second-order valence-electron chi connectivity index (χ2n) is 3.88. The summed E-state index contributed by atoms with van der Waals surface area (Å²) in [7, 11) is 0. The van der Waals surface area contributed by atoms with Gasteiger partial charge in [-0.2, -0.15) is 16.1 Å². The third kappa shape index (κ3) is 3.34. The summed E-state index contributed by atoms with van der Waals surface area (Å²) in [6.45, 7) is 3.22. The van der Waals surface area contributed by atoms with Gasteiger partial charge in [-0.05, 0) is 30.3 Å². The van der Waals surface area contributed by atoms with Crippen LogP contribution >= 0.6 is 23.3 Å². The number of nitrogens with zero attached hydrogens (tertiary/aromatic N) is 2. The molecule has 0 bridgehead atoms. The molecule has 0 aromatic carbocycles. The molecule has 1 unspecified atom stereocenters. The van der Waals surface area contributed by atoms with Crippen LogP contribution in [0.25, 0.3) is 0 Å². The van der Waals surface area contributed by atoms with Crippen LogP contribution in [0.5, 0.6) is 0 Å². The fourth-order valence-corrected chi connectivity index (χ4v) is 3.53. The van der Waals surface area contributed by atoms with Crippen molar-refractivity contribution in [2.24, 2.45) is 5.92 Å². The molecule has 84 valence electrons. The van der Waals surface area contributed by atoms with Crippen molar-refractivity contribution in [3.63, 3.8) is 0 Å². The molecule has 2 heterocycles. The molecule has 2 rings (SSSR count). The van der Waals surface area contributed by atoms with E-state index >= 15 is 0 Å². The number of hydrogen-bond acceptors (Lipinski definition) is 5. The Labute approximate surface area is 99.2 Å². The lowest BCUT2D eigenvalue weighted by Gasteiger charge is -2.07. The van der Waals surface area contributed by atoms with Crippen LogP contribution in [0.2, 0.25) is 0 Å². The molecule has 15 heavy (non-hydrogen) atoms. The average Bonchev–Trinajstić information content (AvgIpc) is 2.85. The summed E-state index contributed by atoms with van der Waals surface area (Å²) in [5.41, 5.74) is 0. The minimum atomic E-state index is 0.827. The number of hydrogen-bond donors (Lipinski definition) is 1. The van der Waals surface area contributed by atoms with Gasteiger partial charge in [0.2, 0.25) is 5.13 Å². The van der Waals surface area contributed by atoms with Crippen molar-refractivity contribution >= 4 is 28.4 Å². The third-order valence-electron chi connectivity index (χ3n) is 2.51. The van der Waals surface area contributed by atoms with Crippen LogP contribution in [0.4, 0.5) is 5.13 Å². The van der Waals surface area contributed by atoms with Crippen molar-refractivity contribution in [3.05, 3.63) is 5.82 Å². The highest BCUT2D eigenvalue weighted by Crippen LogP contribution is 2.24. The van der Waals surface area contributed by atoms with Gasteiger partial charge in [-0.3, -0.25) is 0 Å². The standard InChI is InChI=1S/C10H17N3S2/c1-2-3-9-12-10(15-13-9)11-6-8-4-5-14-7-8/h8H,2-7H2,1H3,(H,11,12,13).